The molecule has 0 spiro atoms. The van der Waals surface area contributed by atoms with E-state index in [1.165, 1.54) is 25.5 Å². The third kappa shape index (κ3) is 3.95. The topological polar surface area (TPSA) is 51.8 Å². The second-order valence-electron chi connectivity index (χ2n) is 5.13. The van der Waals surface area contributed by atoms with Crippen molar-refractivity contribution < 1.29 is 18.3 Å². The molecule has 0 unspecified atom stereocenters. The third-order valence-electron chi connectivity index (χ3n) is 3.43. The number of benzene rings is 2. The molecule has 1 aromatic heterocycles. The van der Waals surface area contributed by atoms with Crippen molar-refractivity contribution in [3.05, 3.63) is 76.8 Å². The van der Waals surface area contributed by atoms with Crippen molar-refractivity contribution in [2.24, 2.45) is 4.99 Å². The number of carbonyl (C=O) groups excluding carboxylic acids is 1. The van der Waals surface area contributed by atoms with Crippen molar-refractivity contribution in [1.29, 1.82) is 0 Å². The molecule has 0 amide bonds. The zero-order chi connectivity index (χ0) is 17.8. The highest BCUT2D eigenvalue weighted by molar-refractivity contribution is 6.33. The van der Waals surface area contributed by atoms with Gasteiger partial charge in [0.15, 0.2) is 0 Å². The van der Waals surface area contributed by atoms with E-state index < -0.39 is 5.97 Å². The molecule has 3 aromatic rings. The smallest absolute Gasteiger partial charge is 0.339 e. The lowest BCUT2D eigenvalue weighted by Gasteiger charge is -2.02. The Morgan fingerprint density at radius 3 is 2.76 bits per heavy atom. The van der Waals surface area contributed by atoms with Crippen LogP contribution in [0, 0.1) is 5.82 Å². The van der Waals surface area contributed by atoms with E-state index in [-0.39, 0.29) is 16.4 Å². The molecular weight excluding hydrogens is 345 g/mol. The monoisotopic (exact) mass is 357 g/mol. The fourth-order valence-corrected chi connectivity index (χ4v) is 2.47. The molecule has 1 heterocycles. The molecule has 0 saturated heterocycles. The van der Waals surface area contributed by atoms with Gasteiger partial charge in [-0.05, 0) is 42.5 Å². The van der Waals surface area contributed by atoms with Gasteiger partial charge in [-0.15, -0.1) is 0 Å². The molecule has 6 heteroatoms. The zero-order valence-corrected chi connectivity index (χ0v) is 14.0. The quantitative estimate of drug-likeness (QED) is 0.471. The molecule has 25 heavy (non-hydrogen) atoms. The van der Waals surface area contributed by atoms with Gasteiger partial charge in [-0.25, -0.2) is 9.18 Å². The predicted octanol–water partition coefficient (Wildman–Crippen LogP) is 5.28. The number of esters is 1. The van der Waals surface area contributed by atoms with Gasteiger partial charge in [-0.3, -0.25) is 4.99 Å². The molecule has 0 bridgehead atoms. The number of furan rings is 1. The SMILES string of the molecule is COC(=O)c1ccc(N=Cc2ccc(-c3cccc(F)c3)o2)cc1Cl. The van der Waals surface area contributed by atoms with E-state index in [1.54, 1.807) is 42.5 Å². The maximum absolute atomic E-state index is 13.3. The average Bonchev–Trinajstić information content (AvgIpc) is 3.08. The minimum absolute atomic E-state index is 0.251. The lowest BCUT2D eigenvalue weighted by atomic mass is 10.2. The molecule has 0 fully saturated rings. The van der Waals surface area contributed by atoms with Crippen LogP contribution in [0.3, 0.4) is 0 Å². The molecular formula is C19H13ClFNO3. The number of methoxy groups -OCH3 is 1. The molecule has 0 aliphatic heterocycles. The van der Waals surface area contributed by atoms with E-state index in [2.05, 4.69) is 9.73 Å². The maximum Gasteiger partial charge on any atom is 0.339 e. The Labute approximate surface area is 148 Å². The standard InChI is InChI=1S/C19H13ClFNO3/c1-24-19(23)16-7-5-14(10-17(16)20)22-11-15-6-8-18(25-15)12-3-2-4-13(21)9-12/h2-11H,1H3. The average molecular weight is 358 g/mol. The first-order valence-electron chi connectivity index (χ1n) is 7.34. The summed E-state index contributed by atoms with van der Waals surface area (Å²) in [4.78, 5) is 15.8. The van der Waals surface area contributed by atoms with E-state index in [9.17, 15) is 9.18 Å². The highest BCUT2D eigenvalue weighted by atomic mass is 35.5. The summed E-state index contributed by atoms with van der Waals surface area (Å²) in [6.45, 7) is 0. The molecule has 4 nitrogen and oxygen atoms in total. The van der Waals surface area contributed by atoms with Gasteiger partial charge >= 0.3 is 5.97 Å². The highest BCUT2D eigenvalue weighted by Crippen LogP contribution is 2.25. The number of hydrogen-bond acceptors (Lipinski definition) is 4. The van der Waals surface area contributed by atoms with Crippen molar-refractivity contribution in [3.8, 4) is 11.3 Å². The van der Waals surface area contributed by atoms with Crippen LogP contribution in [-0.2, 0) is 4.74 Å². The molecule has 0 aliphatic carbocycles. The second-order valence-corrected chi connectivity index (χ2v) is 5.53. The largest absolute Gasteiger partial charge is 0.465 e. The van der Waals surface area contributed by atoms with Gasteiger partial charge in [0, 0.05) is 5.56 Å². The molecule has 2 aromatic carbocycles. The number of hydrogen-bond donors (Lipinski definition) is 0. The van der Waals surface area contributed by atoms with E-state index in [0.717, 1.165) is 0 Å². The first kappa shape index (κ1) is 16.9. The number of ether oxygens (including phenoxy) is 1. The normalized spacial score (nSPS) is 11.0. The summed E-state index contributed by atoms with van der Waals surface area (Å²) >= 11 is 6.05. The summed E-state index contributed by atoms with van der Waals surface area (Å²) in [5.74, 6) is 0.211. The van der Waals surface area contributed by atoms with E-state index in [0.29, 0.717) is 22.8 Å². The first-order chi connectivity index (χ1) is 12.1. The Balaban J connectivity index is 1.79. The third-order valence-corrected chi connectivity index (χ3v) is 3.75. The molecule has 126 valence electrons. The fourth-order valence-electron chi connectivity index (χ4n) is 2.22. The summed E-state index contributed by atoms with van der Waals surface area (Å²) in [6, 6.07) is 14.4. The summed E-state index contributed by atoms with van der Waals surface area (Å²) < 4.78 is 23.5. The van der Waals surface area contributed by atoms with Crippen LogP contribution in [0.2, 0.25) is 5.02 Å². The van der Waals surface area contributed by atoms with Crippen LogP contribution in [0.4, 0.5) is 10.1 Å². The van der Waals surface area contributed by atoms with Gasteiger partial charge < -0.3 is 9.15 Å². The van der Waals surface area contributed by atoms with E-state index >= 15 is 0 Å². The number of carbonyl (C=O) groups is 1. The van der Waals surface area contributed by atoms with Crippen molar-refractivity contribution >= 4 is 29.5 Å². The Bertz CT molecular complexity index is 949. The zero-order valence-electron chi connectivity index (χ0n) is 13.2. The van der Waals surface area contributed by atoms with E-state index in [1.807, 2.05) is 0 Å². The Hall–Kier alpha value is -2.92. The number of halogens is 2. The maximum atomic E-state index is 13.3. The van der Waals surface area contributed by atoms with Crippen molar-refractivity contribution in [1.82, 2.24) is 0 Å². The molecule has 0 atom stereocenters. The van der Waals surface area contributed by atoms with Crippen LogP contribution in [0.1, 0.15) is 16.1 Å². The number of nitrogens with zero attached hydrogens (tertiary/aromatic N) is 1. The molecule has 3 rings (SSSR count). The Morgan fingerprint density at radius 1 is 1.20 bits per heavy atom. The number of rotatable bonds is 4. The van der Waals surface area contributed by atoms with Gasteiger partial charge in [-0.1, -0.05) is 23.7 Å². The van der Waals surface area contributed by atoms with Crippen LogP contribution in [0.15, 0.2) is 64.0 Å². The van der Waals surface area contributed by atoms with Gasteiger partial charge in [-0.2, -0.15) is 0 Å². The highest BCUT2D eigenvalue weighted by Gasteiger charge is 2.10. The summed E-state index contributed by atoms with van der Waals surface area (Å²) in [5, 5.41) is 0.251. The second kappa shape index (κ2) is 7.32. The first-order valence-corrected chi connectivity index (χ1v) is 7.72. The Morgan fingerprint density at radius 2 is 2.04 bits per heavy atom. The van der Waals surface area contributed by atoms with Crippen molar-refractivity contribution in [2.45, 2.75) is 0 Å². The van der Waals surface area contributed by atoms with E-state index in [4.69, 9.17) is 16.0 Å². The summed E-state index contributed by atoms with van der Waals surface area (Å²) in [6.07, 6.45) is 1.52. The van der Waals surface area contributed by atoms with Crippen LogP contribution in [0.25, 0.3) is 11.3 Å². The molecule has 0 N–H and O–H groups in total. The summed E-state index contributed by atoms with van der Waals surface area (Å²) in [5.41, 5.74) is 1.47. The van der Waals surface area contributed by atoms with Gasteiger partial charge in [0.1, 0.15) is 17.3 Å². The lowest BCUT2D eigenvalue weighted by molar-refractivity contribution is 0.0601. The minimum Gasteiger partial charge on any atom is -0.465 e. The van der Waals surface area contributed by atoms with Crippen molar-refractivity contribution in [3.63, 3.8) is 0 Å². The van der Waals surface area contributed by atoms with Crippen LogP contribution in [-0.4, -0.2) is 19.3 Å². The predicted molar refractivity (Wildman–Crippen MR) is 94.1 cm³/mol. The van der Waals surface area contributed by atoms with Crippen LogP contribution < -0.4 is 0 Å². The molecule has 0 saturated carbocycles. The lowest BCUT2D eigenvalue weighted by Crippen LogP contribution is -2.01. The van der Waals surface area contributed by atoms with Gasteiger partial charge in [0.05, 0.1) is 29.6 Å². The van der Waals surface area contributed by atoms with Gasteiger partial charge in [0.2, 0.25) is 0 Å². The summed E-state index contributed by atoms with van der Waals surface area (Å²) in [7, 11) is 1.29. The van der Waals surface area contributed by atoms with Crippen molar-refractivity contribution in [2.75, 3.05) is 7.11 Å². The fraction of sp³-hybridized carbons (Fsp3) is 0.0526. The molecule has 0 radical (unpaired) electrons. The van der Waals surface area contributed by atoms with Crippen LogP contribution >= 0.6 is 11.6 Å². The molecule has 0 aliphatic rings. The minimum atomic E-state index is -0.508. The Kier molecular flexibility index (Phi) is 4.95. The van der Waals surface area contributed by atoms with Crippen LogP contribution in [0.5, 0.6) is 0 Å². The number of aliphatic imine (C=N–C) groups is 1. The van der Waals surface area contributed by atoms with Gasteiger partial charge in [0.25, 0.3) is 0 Å².